The number of hydrogen-bond acceptors (Lipinski definition) is 4. The molecular weight excluding hydrogens is 475 g/mol. The normalized spacial score (nSPS) is 12.5. The summed E-state index contributed by atoms with van der Waals surface area (Å²) in [6, 6.07) is 11.4. The van der Waals surface area contributed by atoms with Crippen molar-refractivity contribution in [2.75, 3.05) is 6.54 Å². The van der Waals surface area contributed by atoms with Crippen LogP contribution in [0.4, 0.5) is 4.39 Å². The SMILES string of the molecule is Cn1ccnc1[C@@H](NC(=O)CCNS(=O)(=O)c1ccc(Br)cc1)c1ccc(F)cc1. The van der Waals surface area contributed by atoms with Crippen LogP contribution >= 0.6 is 15.9 Å². The fourth-order valence-corrected chi connectivity index (χ4v) is 4.13. The molecule has 0 aliphatic heterocycles. The summed E-state index contributed by atoms with van der Waals surface area (Å²) in [6.07, 6.45) is 3.27. The minimum absolute atomic E-state index is 0.0685. The lowest BCUT2D eigenvalue weighted by atomic mass is 10.1. The highest BCUT2D eigenvalue weighted by Gasteiger charge is 2.21. The van der Waals surface area contributed by atoms with Crippen molar-refractivity contribution in [1.29, 1.82) is 0 Å². The van der Waals surface area contributed by atoms with Crippen molar-refractivity contribution in [3.63, 3.8) is 0 Å². The topological polar surface area (TPSA) is 93.1 Å². The average Bonchev–Trinajstić information content (AvgIpc) is 3.13. The van der Waals surface area contributed by atoms with E-state index in [0.717, 1.165) is 4.47 Å². The maximum atomic E-state index is 13.3. The summed E-state index contributed by atoms with van der Waals surface area (Å²) >= 11 is 3.26. The molecule has 2 N–H and O–H groups in total. The molecule has 0 aliphatic carbocycles. The molecule has 1 amide bonds. The third kappa shape index (κ3) is 5.53. The number of carbonyl (C=O) groups excluding carboxylic acids is 1. The predicted octanol–water partition coefficient (Wildman–Crippen LogP) is 2.90. The van der Waals surface area contributed by atoms with Gasteiger partial charge in [0.2, 0.25) is 15.9 Å². The Morgan fingerprint density at radius 1 is 1.17 bits per heavy atom. The van der Waals surface area contributed by atoms with E-state index in [1.807, 2.05) is 0 Å². The molecule has 0 spiro atoms. The van der Waals surface area contributed by atoms with E-state index in [2.05, 4.69) is 31.0 Å². The van der Waals surface area contributed by atoms with Crippen LogP contribution < -0.4 is 10.0 Å². The van der Waals surface area contributed by atoms with Crippen LogP contribution in [0.25, 0.3) is 0 Å². The van der Waals surface area contributed by atoms with E-state index < -0.39 is 16.1 Å². The van der Waals surface area contributed by atoms with Crippen LogP contribution in [-0.4, -0.2) is 30.4 Å². The number of sulfonamides is 1. The van der Waals surface area contributed by atoms with Gasteiger partial charge in [0.05, 0.1) is 4.90 Å². The van der Waals surface area contributed by atoms with Gasteiger partial charge < -0.3 is 9.88 Å². The number of halogens is 2. The van der Waals surface area contributed by atoms with Crippen LogP contribution in [0.5, 0.6) is 0 Å². The van der Waals surface area contributed by atoms with E-state index in [-0.39, 0.29) is 29.6 Å². The smallest absolute Gasteiger partial charge is 0.240 e. The highest BCUT2D eigenvalue weighted by molar-refractivity contribution is 9.10. The quantitative estimate of drug-likeness (QED) is 0.503. The Morgan fingerprint density at radius 2 is 1.83 bits per heavy atom. The number of carbonyl (C=O) groups is 1. The van der Waals surface area contributed by atoms with Gasteiger partial charge in [-0.15, -0.1) is 0 Å². The number of imidazole rings is 1. The lowest BCUT2D eigenvalue weighted by molar-refractivity contribution is -0.121. The Hall–Kier alpha value is -2.56. The minimum atomic E-state index is -3.72. The second-order valence-electron chi connectivity index (χ2n) is 6.55. The molecule has 2 aromatic carbocycles. The molecule has 3 rings (SSSR count). The van der Waals surface area contributed by atoms with Crippen LogP contribution in [0.2, 0.25) is 0 Å². The zero-order valence-electron chi connectivity index (χ0n) is 16.0. The molecule has 0 bridgehead atoms. The number of amides is 1. The number of nitrogens with zero attached hydrogens (tertiary/aromatic N) is 2. The number of rotatable bonds is 8. The molecule has 0 saturated carbocycles. The van der Waals surface area contributed by atoms with Crippen molar-refractivity contribution in [3.05, 3.63) is 82.6 Å². The highest BCUT2D eigenvalue weighted by atomic mass is 79.9. The van der Waals surface area contributed by atoms with Gasteiger partial charge in [0, 0.05) is 36.9 Å². The highest BCUT2D eigenvalue weighted by Crippen LogP contribution is 2.21. The Morgan fingerprint density at radius 3 is 2.43 bits per heavy atom. The maximum Gasteiger partial charge on any atom is 0.240 e. The lowest BCUT2D eigenvalue weighted by Gasteiger charge is -2.19. The van der Waals surface area contributed by atoms with Crippen molar-refractivity contribution >= 4 is 31.9 Å². The summed E-state index contributed by atoms with van der Waals surface area (Å²) in [7, 11) is -1.93. The Kier molecular flexibility index (Phi) is 7.01. The molecule has 0 saturated heterocycles. The molecular formula is C20H20BrFN4O3S. The Balaban J connectivity index is 1.65. The van der Waals surface area contributed by atoms with E-state index in [4.69, 9.17) is 0 Å². The molecule has 30 heavy (non-hydrogen) atoms. The minimum Gasteiger partial charge on any atom is -0.342 e. The van der Waals surface area contributed by atoms with E-state index >= 15 is 0 Å². The maximum absolute atomic E-state index is 13.3. The molecule has 7 nitrogen and oxygen atoms in total. The molecule has 1 atom stereocenters. The summed E-state index contributed by atoms with van der Waals surface area (Å²) < 4.78 is 42.9. The first-order chi connectivity index (χ1) is 14.3. The van der Waals surface area contributed by atoms with Crippen molar-refractivity contribution in [2.45, 2.75) is 17.4 Å². The molecule has 0 unspecified atom stereocenters. The first kappa shape index (κ1) is 22.1. The molecule has 10 heteroatoms. The zero-order valence-corrected chi connectivity index (χ0v) is 18.5. The first-order valence-electron chi connectivity index (χ1n) is 9.03. The van der Waals surface area contributed by atoms with Gasteiger partial charge in [0.25, 0.3) is 0 Å². The Bertz CT molecular complexity index is 1120. The van der Waals surface area contributed by atoms with Crippen LogP contribution in [0.15, 0.2) is 70.3 Å². The number of benzene rings is 2. The lowest BCUT2D eigenvalue weighted by Crippen LogP contribution is -2.34. The second kappa shape index (κ2) is 9.50. The molecule has 0 fully saturated rings. The predicted molar refractivity (Wildman–Crippen MR) is 114 cm³/mol. The zero-order chi connectivity index (χ0) is 21.7. The summed E-state index contributed by atoms with van der Waals surface area (Å²) in [4.78, 5) is 16.9. The first-order valence-corrected chi connectivity index (χ1v) is 11.3. The summed E-state index contributed by atoms with van der Waals surface area (Å²) in [6.45, 7) is -0.0685. The average molecular weight is 495 g/mol. The van der Waals surface area contributed by atoms with E-state index in [9.17, 15) is 17.6 Å². The molecule has 1 aromatic heterocycles. The monoisotopic (exact) mass is 494 g/mol. The van der Waals surface area contributed by atoms with Gasteiger partial charge in [0.15, 0.2) is 0 Å². The largest absolute Gasteiger partial charge is 0.342 e. The van der Waals surface area contributed by atoms with Gasteiger partial charge >= 0.3 is 0 Å². The van der Waals surface area contributed by atoms with E-state index in [0.29, 0.717) is 11.4 Å². The van der Waals surface area contributed by atoms with Crippen molar-refractivity contribution in [2.24, 2.45) is 7.05 Å². The molecule has 0 radical (unpaired) electrons. The van der Waals surface area contributed by atoms with Crippen molar-refractivity contribution in [1.82, 2.24) is 19.6 Å². The summed E-state index contributed by atoms with van der Waals surface area (Å²) in [5.74, 6) is -0.178. The number of nitrogens with one attached hydrogen (secondary N) is 2. The van der Waals surface area contributed by atoms with Crippen LogP contribution in [0, 0.1) is 5.82 Å². The Labute approximate surface area is 182 Å². The standard InChI is InChI=1S/C20H20BrFN4O3S/c1-26-13-12-23-20(26)19(14-2-6-16(22)7-3-14)25-18(27)10-11-24-30(28,29)17-8-4-15(21)5-9-17/h2-9,12-13,19,24H,10-11H2,1H3,(H,25,27)/t19-/m0/s1. The molecule has 1 heterocycles. The van der Waals surface area contributed by atoms with Crippen LogP contribution in [0.1, 0.15) is 23.9 Å². The van der Waals surface area contributed by atoms with Crippen molar-refractivity contribution in [3.8, 4) is 0 Å². The molecule has 3 aromatic rings. The third-order valence-electron chi connectivity index (χ3n) is 4.39. The number of aromatic nitrogens is 2. The van der Waals surface area contributed by atoms with Gasteiger partial charge in [-0.2, -0.15) is 0 Å². The fraction of sp³-hybridized carbons (Fsp3) is 0.200. The second-order valence-corrected chi connectivity index (χ2v) is 9.23. The van der Waals surface area contributed by atoms with Crippen LogP contribution in [-0.2, 0) is 21.9 Å². The van der Waals surface area contributed by atoms with Gasteiger partial charge in [-0.05, 0) is 42.0 Å². The molecule has 0 aliphatic rings. The van der Waals surface area contributed by atoms with Crippen LogP contribution in [0.3, 0.4) is 0 Å². The number of hydrogen-bond donors (Lipinski definition) is 2. The third-order valence-corrected chi connectivity index (χ3v) is 6.40. The summed E-state index contributed by atoms with van der Waals surface area (Å²) in [5.41, 5.74) is 0.662. The van der Waals surface area contributed by atoms with Crippen molar-refractivity contribution < 1.29 is 17.6 Å². The van der Waals surface area contributed by atoms with Gasteiger partial charge in [-0.3, -0.25) is 4.79 Å². The molecule has 158 valence electrons. The van der Waals surface area contributed by atoms with Gasteiger partial charge in [-0.25, -0.2) is 22.5 Å². The number of aryl methyl sites for hydroxylation is 1. The van der Waals surface area contributed by atoms with E-state index in [1.54, 1.807) is 48.3 Å². The fourth-order valence-electron chi connectivity index (χ4n) is 2.84. The van der Waals surface area contributed by atoms with Gasteiger partial charge in [0.1, 0.15) is 17.7 Å². The van der Waals surface area contributed by atoms with Gasteiger partial charge in [-0.1, -0.05) is 28.1 Å². The summed E-state index contributed by atoms with van der Waals surface area (Å²) in [5, 5.41) is 2.84. The van der Waals surface area contributed by atoms with E-state index in [1.165, 1.54) is 24.3 Å².